The van der Waals surface area contributed by atoms with E-state index >= 15 is 0 Å². The molecule has 1 atom stereocenters. The molecule has 0 fully saturated rings. The largest absolute Gasteiger partial charge is 0.399 e. The molecule has 0 saturated heterocycles. The van der Waals surface area contributed by atoms with Crippen LogP contribution in [-0.4, -0.2) is 31.4 Å². The van der Waals surface area contributed by atoms with Crippen LogP contribution >= 0.6 is 11.8 Å². The Balaban J connectivity index is 2.33. The molecule has 0 aliphatic rings. The number of carbonyl (C=O) groups excluding carboxylic acids is 1. The Morgan fingerprint density at radius 3 is 3.00 bits per heavy atom. The first kappa shape index (κ1) is 13.9. The maximum atomic E-state index is 11.6. The molecular formula is C12H18N2O2S. The van der Waals surface area contributed by atoms with Crippen molar-refractivity contribution < 1.29 is 9.53 Å². The van der Waals surface area contributed by atoms with Crippen molar-refractivity contribution in [2.45, 2.75) is 17.9 Å². The Hall–Kier alpha value is -1.20. The fourth-order valence-electron chi connectivity index (χ4n) is 1.36. The van der Waals surface area contributed by atoms with Crippen LogP contribution in [-0.2, 0) is 9.53 Å². The number of methoxy groups -OCH3 is 1. The highest BCUT2D eigenvalue weighted by atomic mass is 32.2. The van der Waals surface area contributed by atoms with Crippen LogP contribution < -0.4 is 11.1 Å². The zero-order chi connectivity index (χ0) is 12.7. The van der Waals surface area contributed by atoms with Gasteiger partial charge in [-0.3, -0.25) is 4.79 Å². The molecule has 0 bridgehead atoms. The van der Waals surface area contributed by atoms with Crippen LogP contribution in [0.4, 0.5) is 5.69 Å². The van der Waals surface area contributed by atoms with E-state index in [0.717, 1.165) is 4.90 Å². The first-order chi connectivity index (χ1) is 8.11. The van der Waals surface area contributed by atoms with Gasteiger partial charge in [0.1, 0.15) is 0 Å². The molecule has 5 heteroatoms. The topological polar surface area (TPSA) is 64.3 Å². The van der Waals surface area contributed by atoms with E-state index in [9.17, 15) is 4.79 Å². The van der Waals surface area contributed by atoms with Gasteiger partial charge in [0.2, 0.25) is 5.91 Å². The minimum absolute atomic E-state index is 0.00183. The summed E-state index contributed by atoms with van der Waals surface area (Å²) in [5.41, 5.74) is 6.37. The van der Waals surface area contributed by atoms with Crippen molar-refractivity contribution in [2.24, 2.45) is 0 Å². The molecule has 1 aromatic rings. The van der Waals surface area contributed by atoms with E-state index in [-0.39, 0.29) is 11.9 Å². The van der Waals surface area contributed by atoms with Crippen molar-refractivity contribution in [3.8, 4) is 0 Å². The monoisotopic (exact) mass is 254 g/mol. The highest BCUT2D eigenvalue weighted by molar-refractivity contribution is 8.00. The third kappa shape index (κ3) is 5.60. The maximum Gasteiger partial charge on any atom is 0.230 e. The van der Waals surface area contributed by atoms with Crippen molar-refractivity contribution in [3.63, 3.8) is 0 Å². The zero-order valence-corrected chi connectivity index (χ0v) is 10.9. The number of hydrogen-bond donors (Lipinski definition) is 2. The van der Waals surface area contributed by atoms with Gasteiger partial charge in [0, 0.05) is 23.7 Å². The highest BCUT2D eigenvalue weighted by Crippen LogP contribution is 2.19. The van der Waals surface area contributed by atoms with Gasteiger partial charge in [0.15, 0.2) is 0 Å². The van der Waals surface area contributed by atoms with Gasteiger partial charge in [-0.25, -0.2) is 0 Å². The Morgan fingerprint density at radius 1 is 1.59 bits per heavy atom. The molecule has 4 nitrogen and oxygen atoms in total. The number of nitrogens with one attached hydrogen (secondary N) is 1. The molecule has 0 saturated carbocycles. The van der Waals surface area contributed by atoms with E-state index in [1.807, 2.05) is 31.2 Å². The fourth-order valence-corrected chi connectivity index (χ4v) is 2.14. The number of nitrogens with two attached hydrogens (primary N) is 1. The summed E-state index contributed by atoms with van der Waals surface area (Å²) in [5, 5.41) is 2.85. The minimum atomic E-state index is 0.00183. The number of amides is 1. The zero-order valence-electron chi connectivity index (χ0n) is 10.1. The smallest absolute Gasteiger partial charge is 0.230 e. The fraction of sp³-hybridized carbons (Fsp3) is 0.417. The predicted molar refractivity (Wildman–Crippen MR) is 71.1 cm³/mol. The quantitative estimate of drug-likeness (QED) is 0.596. The van der Waals surface area contributed by atoms with Gasteiger partial charge in [-0.1, -0.05) is 6.07 Å². The summed E-state index contributed by atoms with van der Waals surface area (Å²) < 4.78 is 4.94. The van der Waals surface area contributed by atoms with Crippen LogP contribution in [0, 0.1) is 0 Å². The second kappa shape index (κ2) is 7.19. The van der Waals surface area contributed by atoms with Gasteiger partial charge >= 0.3 is 0 Å². The first-order valence-electron chi connectivity index (χ1n) is 5.38. The second-order valence-corrected chi connectivity index (χ2v) is 4.83. The van der Waals surface area contributed by atoms with Gasteiger partial charge in [0.25, 0.3) is 0 Å². The summed E-state index contributed by atoms with van der Waals surface area (Å²) in [5.74, 6) is 0.388. The highest BCUT2D eigenvalue weighted by Gasteiger charge is 2.07. The Kier molecular flexibility index (Phi) is 5.86. The number of rotatable bonds is 6. The Bertz CT molecular complexity index is 371. The van der Waals surface area contributed by atoms with Crippen LogP contribution in [0.15, 0.2) is 29.2 Å². The standard InChI is InChI=1S/C12H18N2O2S/c1-9(7-16-2)14-12(15)8-17-11-5-3-4-10(13)6-11/h3-6,9H,7-8,13H2,1-2H3,(H,14,15). The molecule has 1 unspecified atom stereocenters. The molecule has 0 spiro atoms. The average molecular weight is 254 g/mol. The third-order valence-corrected chi connectivity index (χ3v) is 3.05. The third-order valence-electron chi connectivity index (χ3n) is 2.05. The first-order valence-corrected chi connectivity index (χ1v) is 6.37. The normalized spacial score (nSPS) is 12.1. The molecule has 0 heterocycles. The summed E-state index contributed by atoms with van der Waals surface area (Å²) in [6, 6.07) is 7.53. The Labute approximate surface area is 106 Å². The molecule has 3 N–H and O–H groups in total. The number of hydrogen-bond acceptors (Lipinski definition) is 4. The lowest BCUT2D eigenvalue weighted by molar-refractivity contribution is -0.119. The molecule has 1 amide bonds. The number of nitrogen functional groups attached to an aromatic ring is 1. The lowest BCUT2D eigenvalue weighted by atomic mass is 10.3. The van der Waals surface area contributed by atoms with Gasteiger partial charge in [-0.05, 0) is 25.1 Å². The van der Waals surface area contributed by atoms with Crippen LogP contribution in [0.5, 0.6) is 0 Å². The number of thioether (sulfide) groups is 1. The molecule has 0 aliphatic heterocycles. The van der Waals surface area contributed by atoms with E-state index < -0.39 is 0 Å². The van der Waals surface area contributed by atoms with Crippen LogP contribution in [0.25, 0.3) is 0 Å². The van der Waals surface area contributed by atoms with Crippen molar-refractivity contribution in [2.75, 3.05) is 25.2 Å². The average Bonchev–Trinajstić information content (AvgIpc) is 2.27. The second-order valence-electron chi connectivity index (χ2n) is 3.79. The number of ether oxygens (including phenoxy) is 1. The van der Waals surface area contributed by atoms with Crippen LogP contribution in [0.1, 0.15) is 6.92 Å². The molecule has 1 aromatic carbocycles. The molecule has 17 heavy (non-hydrogen) atoms. The molecular weight excluding hydrogens is 236 g/mol. The predicted octanol–water partition coefficient (Wildman–Crippen LogP) is 1.51. The number of carbonyl (C=O) groups is 1. The lowest BCUT2D eigenvalue weighted by Crippen LogP contribution is -2.36. The van der Waals surface area contributed by atoms with Crippen molar-refractivity contribution in [1.29, 1.82) is 0 Å². The summed E-state index contributed by atoms with van der Waals surface area (Å²) in [6.45, 7) is 2.43. The number of anilines is 1. The van der Waals surface area contributed by atoms with E-state index in [2.05, 4.69) is 5.32 Å². The number of benzene rings is 1. The Morgan fingerprint density at radius 2 is 2.35 bits per heavy atom. The van der Waals surface area contributed by atoms with Gasteiger partial charge in [0.05, 0.1) is 12.4 Å². The van der Waals surface area contributed by atoms with E-state index in [1.165, 1.54) is 11.8 Å². The lowest BCUT2D eigenvalue weighted by Gasteiger charge is -2.12. The van der Waals surface area contributed by atoms with Crippen LogP contribution in [0.2, 0.25) is 0 Å². The van der Waals surface area contributed by atoms with Crippen molar-refractivity contribution >= 4 is 23.4 Å². The maximum absolute atomic E-state index is 11.6. The summed E-state index contributed by atoms with van der Waals surface area (Å²) in [7, 11) is 1.62. The van der Waals surface area contributed by atoms with Gasteiger partial charge in [-0.15, -0.1) is 11.8 Å². The molecule has 1 rings (SSSR count). The molecule has 0 aliphatic carbocycles. The molecule has 94 valence electrons. The van der Waals surface area contributed by atoms with Crippen LogP contribution in [0.3, 0.4) is 0 Å². The van der Waals surface area contributed by atoms with E-state index in [1.54, 1.807) is 7.11 Å². The van der Waals surface area contributed by atoms with Gasteiger partial charge in [-0.2, -0.15) is 0 Å². The molecule has 0 aromatic heterocycles. The SMILES string of the molecule is COCC(C)NC(=O)CSc1cccc(N)c1. The summed E-state index contributed by atoms with van der Waals surface area (Å²) in [4.78, 5) is 12.6. The van der Waals surface area contributed by atoms with E-state index in [4.69, 9.17) is 10.5 Å². The summed E-state index contributed by atoms with van der Waals surface area (Å²) >= 11 is 1.47. The van der Waals surface area contributed by atoms with Crippen molar-refractivity contribution in [3.05, 3.63) is 24.3 Å². The summed E-state index contributed by atoms with van der Waals surface area (Å²) in [6.07, 6.45) is 0. The van der Waals surface area contributed by atoms with Crippen molar-refractivity contribution in [1.82, 2.24) is 5.32 Å². The minimum Gasteiger partial charge on any atom is -0.399 e. The van der Waals surface area contributed by atoms with E-state index in [0.29, 0.717) is 18.0 Å². The molecule has 0 radical (unpaired) electrons. The van der Waals surface area contributed by atoms with Gasteiger partial charge < -0.3 is 15.8 Å².